The smallest absolute Gasteiger partial charge is 0.328 e. The second kappa shape index (κ2) is 6.83. The van der Waals surface area contributed by atoms with Crippen LogP contribution < -0.4 is 5.32 Å². The van der Waals surface area contributed by atoms with E-state index in [2.05, 4.69) is 10.1 Å². The molecule has 1 unspecified atom stereocenters. The number of carbonyl (C=O) groups excluding carboxylic acids is 1. The minimum atomic E-state index is -0.781. The van der Waals surface area contributed by atoms with E-state index in [0.29, 0.717) is 6.42 Å². The molecule has 0 radical (unpaired) electrons. The number of rotatable bonds is 6. The molecule has 6 nitrogen and oxygen atoms in total. The predicted octanol–water partition coefficient (Wildman–Crippen LogP) is 2.73. The summed E-state index contributed by atoms with van der Waals surface area (Å²) in [5.41, 5.74) is -0.307. The summed E-state index contributed by atoms with van der Waals surface area (Å²) in [5, 5.41) is 13.3. The van der Waals surface area contributed by atoms with E-state index in [4.69, 9.17) is 0 Å². The normalized spacial score (nSPS) is 12.1. The Hall–Kier alpha value is -2.18. The lowest BCUT2D eigenvalue weighted by Crippen LogP contribution is -2.32. The molecule has 1 rings (SSSR count). The van der Waals surface area contributed by atoms with E-state index >= 15 is 0 Å². The van der Waals surface area contributed by atoms with Crippen LogP contribution in [0.2, 0.25) is 0 Å². The van der Waals surface area contributed by atoms with Crippen LogP contribution in [0.5, 0.6) is 0 Å². The van der Waals surface area contributed by atoms with Crippen LogP contribution in [0.15, 0.2) is 18.2 Å². The average Bonchev–Trinajstić information content (AvgIpc) is 2.38. The molecule has 0 spiro atoms. The summed E-state index contributed by atoms with van der Waals surface area (Å²) in [7, 11) is 1.25. The summed E-state index contributed by atoms with van der Waals surface area (Å²) in [6.45, 7) is 3.84. The lowest BCUT2D eigenvalue weighted by Gasteiger charge is -2.19. The minimum absolute atomic E-state index is 0.0339. The van der Waals surface area contributed by atoms with Gasteiger partial charge in [0, 0.05) is 6.07 Å². The molecule has 1 atom stereocenters. The zero-order chi connectivity index (χ0) is 15.3. The average molecular weight is 284 g/mol. The third kappa shape index (κ3) is 4.18. The molecule has 1 aromatic rings. The summed E-state index contributed by atoms with van der Waals surface area (Å²) in [6.07, 6.45) is 0.461. The maximum atomic E-state index is 13.8. The topological polar surface area (TPSA) is 81.5 Å². The van der Waals surface area contributed by atoms with Crippen LogP contribution in [0.4, 0.5) is 15.8 Å². The lowest BCUT2D eigenvalue weighted by atomic mass is 10.0. The molecule has 0 saturated heterocycles. The Labute approximate surface area is 116 Å². The van der Waals surface area contributed by atoms with E-state index in [-0.39, 0.29) is 17.3 Å². The highest BCUT2D eigenvalue weighted by molar-refractivity contribution is 5.79. The largest absolute Gasteiger partial charge is 0.467 e. The Balaban J connectivity index is 2.93. The van der Waals surface area contributed by atoms with E-state index in [1.807, 2.05) is 13.8 Å². The molecule has 0 saturated carbocycles. The standard InChI is InChI=1S/C13H17FN2O4/c1-8(2)6-12(13(17)20-3)15-11-5-4-9(16(18)19)7-10(11)14/h4-5,7-8,12,15H,6H2,1-3H3. The van der Waals surface area contributed by atoms with E-state index in [9.17, 15) is 19.3 Å². The number of nitrogens with one attached hydrogen (secondary N) is 1. The fourth-order valence-electron chi connectivity index (χ4n) is 1.75. The van der Waals surface area contributed by atoms with Crippen LogP contribution >= 0.6 is 0 Å². The molecule has 0 aliphatic heterocycles. The van der Waals surface area contributed by atoms with Crippen molar-refractivity contribution < 1.29 is 18.8 Å². The molecule has 7 heteroatoms. The van der Waals surface area contributed by atoms with Gasteiger partial charge >= 0.3 is 5.97 Å². The number of nitrogens with zero attached hydrogens (tertiary/aromatic N) is 1. The highest BCUT2D eigenvalue weighted by Gasteiger charge is 2.22. The zero-order valence-corrected chi connectivity index (χ0v) is 11.6. The molecule has 0 aliphatic rings. The van der Waals surface area contributed by atoms with Crippen molar-refractivity contribution in [1.82, 2.24) is 0 Å². The first-order chi connectivity index (χ1) is 9.35. The number of hydrogen-bond donors (Lipinski definition) is 1. The third-order valence-electron chi connectivity index (χ3n) is 2.69. The van der Waals surface area contributed by atoms with Crippen molar-refractivity contribution in [2.45, 2.75) is 26.3 Å². The third-order valence-corrected chi connectivity index (χ3v) is 2.69. The molecule has 0 bridgehead atoms. The molecule has 110 valence electrons. The highest BCUT2D eigenvalue weighted by atomic mass is 19.1. The second-order valence-corrected chi connectivity index (χ2v) is 4.77. The SMILES string of the molecule is COC(=O)C(CC(C)C)Nc1ccc([N+](=O)[O-])cc1F. The number of nitro groups is 1. The van der Waals surface area contributed by atoms with Crippen LogP contribution in [-0.2, 0) is 9.53 Å². The van der Waals surface area contributed by atoms with Gasteiger partial charge in [0.2, 0.25) is 0 Å². The summed E-state index contributed by atoms with van der Waals surface area (Å²) >= 11 is 0. The van der Waals surface area contributed by atoms with E-state index in [1.54, 1.807) is 0 Å². The Kier molecular flexibility index (Phi) is 5.42. The van der Waals surface area contributed by atoms with Crippen molar-refractivity contribution >= 4 is 17.3 Å². The van der Waals surface area contributed by atoms with Gasteiger partial charge in [-0.15, -0.1) is 0 Å². The number of esters is 1. The van der Waals surface area contributed by atoms with Gasteiger partial charge in [-0.3, -0.25) is 10.1 Å². The Morgan fingerprint density at radius 2 is 2.15 bits per heavy atom. The van der Waals surface area contributed by atoms with Crippen LogP contribution in [0.1, 0.15) is 20.3 Å². The quantitative estimate of drug-likeness (QED) is 0.493. The number of nitro benzene ring substituents is 1. The summed E-state index contributed by atoms with van der Waals surface area (Å²) < 4.78 is 18.4. The summed E-state index contributed by atoms with van der Waals surface area (Å²) in [5.74, 6) is -1.08. The monoisotopic (exact) mass is 284 g/mol. The number of hydrogen-bond acceptors (Lipinski definition) is 5. The van der Waals surface area contributed by atoms with E-state index < -0.39 is 22.8 Å². The molecular formula is C13H17FN2O4. The van der Waals surface area contributed by atoms with E-state index in [0.717, 1.165) is 6.07 Å². The number of benzene rings is 1. The van der Waals surface area contributed by atoms with Gasteiger partial charge in [-0.05, 0) is 18.4 Å². The Morgan fingerprint density at radius 3 is 2.60 bits per heavy atom. The number of halogens is 1. The molecular weight excluding hydrogens is 267 g/mol. The van der Waals surface area contributed by atoms with Crippen LogP contribution in [0.3, 0.4) is 0 Å². The second-order valence-electron chi connectivity index (χ2n) is 4.77. The number of carbonyl (C=O) groups is 1. The first-order valence-electron chi connectivity index (χ1n) is 6.13. The fraction of sp³-hybridized carbons (Fsp3) is 0.462. The van der Waals surface area contributed by atoms with Gasteiger partial charge in [0.15, 0.2) is 5.82 Å². The fourth-order valence-corrected chi connectivity index (χ4v) is 1.75. The van der Waals surface area contributed by atoms with Crippen LogP contribution in [0.25, 0.3) is 0 Å². The minimum Gasteiger partial charge on any atom is -0.467 e. The van der Waals surface area contributed by atoms with Gasteiger partial charge in [0.05, 0.1) is 23.8 Å². The van der Waals surface area contributed by atoms with Crippen molar-refractivity contribution in [3.8, 4) is 0 Å². The zero-order valence-electron chi connectivity index (χ0n) is 11.6. The lowest BCUT2D eigenvalue weighted by molar-refractivity contribution is -0.385. The van der Waals surface area contributed by atoms with Crippen LogP contribution in [-0.4, -0.2) is 24.0 Å². The predicted molar refractivity (Wildman–Crippen MR) is 71.9 cm³/mol. The van der Waals surface area contributed by atoms with Gasteiger partial charge < -0.3 is 10.1 Å². The maximum Gasteiger partial charge on any atom is 0.328 e. The first kappa shape index (κ1) is 15.9. The van der Waals surface area contributed by atoms with Crippen molar-refractivity contribution in [1.29, 1.82) is 0 Å². The Morgan fingerprint density at radius 1 is 1.50 bits per heavy atom. The number of methoxy groups -OCH3 is 1. The number of anilines is 1. The molecule has 0 fully saturated rings. The van der Waals surface area contributed by atoms with Gasteiger partial charge in [-0.2, -0.15) is 0 Å². The molecule has 20 heavy (non-hydrogen) atoms. The Bertz CT molecular complexity index is 505. The van der Waals surface area contributed by atoms with Gasteiger partial charge in [0.25, 0.3) is 5.69 Å². The number of ether oxygens (including phenoxy) is 1. The first-order valence-corrected chi connectivity index (χ1v) is 6.13. The van der Waals surface area contributed by atoms with Gasteiger partial charge in [-0.1, -0.05) is 13.8 Å². The molecule has 0 amide bonds. The van der Waals surface area contributed by atoms with Crippen molar-refractivity contribution in [2.75, 3.05) is 12.4 Å². The van der Waals surface area contributed by atoms with Crippen LogP contribution in [0, 0.1) is 21.8 Å². The molecule has 0 heterocycles. The molecule has 0 aliphatic carbocycles. The molecule has 0 aromatic heterocycles. The summed E-state index contributed by atoms with van der Waals surface area (Å²) in [4.78, 5) is 21.5. The van der Waals surface area contributed by atoms with E-state index in [1.165, 1.54) is 19.2 Å². The van der Waals surface area contributed by atoms with Crippen molar-refractivity contribution in [2.24, 2.45) is 5.92 Å². The van der Waals surface area contributed by atoms with Crippen molar-refractivity contribution in [3.63, 3.8) is 0 Å². The summed E-state index contributed by atoms with van der Waals surface area (Å²) in [6, 6.07) is 2.53. The number of non-ortho nitro benzene ring substituents is 1. The van der Waals surface area contributed by atoms with Gasteiger partial charge in [-0.25, -0.2) is 9.18 Å². The van der Waals surface area contributed by atoms with Crippen molar-refractivity contribution in [3.05, 3.63) is 34.1 Å². The highest BCUT2D eigenvalue weighted by Crippen LogP contribution is 2.22. The molecule has 1 N–H and O–H groups in total. The van der Waals surface area contributed by atoms with Gasteiger partial charge in [0.1, 0.15) is 6.04 Å². The maximum absolute atomic E-state index is 13.8. The molecule has 1 aromatic carbocycles.